The molecule has 0 amide bonds. The molecule has 1 aromatic carbocycles. The summed E-state index contributed by atoms with van der Waals surface area (Å²) in [7, 11) is -2.75. The number of nitrogens with two attached hydrogens (primary N) is 1. The standard InChI is InChI=1S/C14H25NO3Si/c1-5-16-19(17-6-2,18-7-3)12(4)13-10-8-9-11-14(13)15/h8-12H,5-7,15H2,1-4H3. The maximum absolute atomic E-state index is 6.06. The molecule has 108 valence electrons. The van der Waals surface area contributed by atoms with E-state index < -0.39 is 8.80 Å². The zero-order chi connectivity index (χ0) is 14.3. The molecule has 1 unspecified atom stereocenters. The first kappa shape index (κ1) is 16.2. The van der Waals surface area contributed by atoms with Gasteiger partial charge in [0.15, 0.2) is 0 Å². The number of hydrogen-bond donors (Lipinski definition) is 1. The van der Waals surface area contributed by atoms with E-state index in [-0.39, 0.29) is 5.54 Å². The van der Waals surface area contributed by atoms with Crippen molar-refractivity contribution in [1.82, 2.24) is 0 Å². The van der Waals surface area contributed by atoms with Crippen molar-refractivity contribution in [2.24, 2.45) is 0 Å². The van der Waals surface area contributed by atoms with Gasteiger partial charge in [-0.2, -0.15) is 0 Å². The number of para-hydroxylation sites is 1. The summed E-state index contributed by atoms with van der Waals surface area (Å²) in [5, 5.41) is 0. The number of nitrogen functional groups attached to an aromatic ring is 1. The normalized spacial score (nSPS) is 13.5. The third-order valence-electron chi connectivity index (χ3n) is 3.03. The van der Waals surface area contributed by atoms with Crippen LogP contribution in [0.4, 0.5) is 5.69 Å². The lowest BCUT2D eigenvalue weighted by atomic mass is 10.1. The van der Waals surface area contributed by atoms with Gasteiger partial charge < -0.3 is 19.0 Å². The van der Waals surface area contributed by atoms with E-state index in [4.69, 9.17) is 19.0 Å². The van der Waals surface area contributed by atoms with E-state index in [2.05, 4.69) is 6.92 Å². The fourth-order valence-corrected chi connectivity index (χ4v) is 5.05. The summed E-state index contributed by atoms with van der Waals surface area (Å²) in [6.07, 6.45) is 0. The summed E-state index contributed by atoms with van der Waals surface area (Å²) in [4.78, 5) is 0. The van der Waals surface area contributed by atoms with Crippen LogP contribution in [-0.4, -0.2) is 28.6 Å². The Labute approximate surface area is 117 Å². The van der Waals surface area contributed by atoms with Crippen LogP contribution in [-0.2, 0) is 13.3 Å². The molecule has 19 heavy (non-hydrogen) atoms. The average molecular weight is 283 g/mol. The van der Waals surface area contributed by atoms with E-state index in [1.807, 2.05) is 45.0 Å². The van der Waals surface area contributed by atoms with Crippen molar-refractivity contribution in [2.75, 3.05) is 25.6 Å². The van der Waals surface area contributed by atoms with Crippen molar-refractivity contribution in [1.29, 1.82) is 0 Å². The summed E-state index contributed by atoms with van der Waals surface area (Å²) in [6, 6.07) is 7.82. The Kier molecular flexibility index (Phi) is 6.51. The lowest BCUT2D eigenvalue weighted by Gasteiger charge is -2.34. The minimum atomic E-state index is -2.75. The largest absolute Gasteiger partial charge is 0.508 e. The van der Waals surface area contributed by atoms with Crippen molar-refractivity contribution >= 4 is 14.5 Å². The summed E-state index contributed by atoms with van der Waals surface area (Å²) in [5.41, 5.74) is 7.87. The molecule has 1 atom stereocenters. The zero-order valence-corrected chi connectivity index (χ0v) is 13.3. The van der Waals surface area contributed by atoms with Gasteiger partial charge in [-0.25, -0.2) is 0 Å². The molecular weight excluding hydrogens is 258 g/mol. The van der Waals surface area contributed by atoms with Crippen molar-refractivity contribution in [3.05, 3.63) is 29.8 Å². The second-order valence-electron chi connectivity index (χ2n) is 4.25. The van der Waals surface area contributed by atoms with Crippen LogP contribution in [0.25, 0.3) is 0 Å². The quantitative estimate of drug-likeness (QED) is 0.588. The Morgan fingerprint density at radius 3 is 1.89 bits per heavy atom. The van der Waals surface area contributed by atoms with Crippen LogP contribution in [0.1, 0.15) is 38.8 Å². The van der Waals surface area contributed by atoms with E-state index >= 15 is 0 Å². The molecule has 5 heteroatoms. The van der Waals surface area contributed by atoms with Gasteiger partial charge in [-0.1, -0.05) is 25.1 Å². The van der Waals surface area contributed by atoms with E-state index in [9.17, 15) is 0 Å². The maximum atomic E-state index is 6.06. The minimum Gasteiger partial charge on any atom is -0.399 e. The average Bonchev–Trinajstić information content (AvgIpc) is 2.39. The highest BCUT2D eigenvalue weighted by Gasteiger charge is 2.48. The highest BCUT2D eigenvalue weighted by atomic mass is 28.4. The molecule has 4 nitrogen and oxygen atoms in total. The van der Waals surface area contributed by atoms with Gasteiger partial charge in [-0.15, -0.1) is 0 Å². The monoisotopic (exact) mass is 283 g/mol. The van der Waals surface area contributed by atoms with Crippen LogP contribution in [0.15, 0.2) is 24.3 Å². The van der Waals surface area contributed by atoms with Crippen molar-refractivity contribution in [2.45, 2.75) is 33.2 Å². The second-order valence-corrected chi connectivity index (χ2v) is 7.19. The third-order valence-corrected chi connectivity index (χ3v) is 6.47. The van der Waals surface area contributed by atoms with Gasteiger partial charge in [0.05, 0.1) is 5.54 Å². The summed E-state index contributed by atoms with van der Waals surface area (Å²) < 4.78 is 17.8. The van der Waals surface area contributed by atoms with Gasteiger partial charge in [-0.05, 0) is 32.4 Å². The molecule has 0 aliphatic rings. The number of benzene rings is 1. The molecule has 0 spiro atoms. The molecule has 1 aromatic rings. The topological polar surface area (TPSA) is 53.7 Å². The first-order valence-electron chi connectivity index (χ1n) is 6.87. The predicted molar refractivity (Wildman–Crippen MR) is 79.9 cm³/mol. The van der Waals surface area contributed by atoms with Crippen LogP contribution in [0.3, 0.4) is 0 Å². The Morgan fingerprint density at radius 1 is 1.00 bits per heavy atom. The SMILES string of the molecule is CCO[Si](OCC)(OCC)C(C)c1ccccc1N. The molecular formula is C14H25NO3Si. The van der Waals surface area contributed by atoms with Crippen LogP contribution >= 0.6 is 0 Å². The fourth-order valence-electron chi connectivity index (χ4n) is 2.20. The first-order chi connectivity index (χ1) is 9.11. The van der Waals surface area contributed by atoms with E-state index in [1.54, 1.807) is 0 Å². The smallest absolute Gasteiger partial charge is 0.399 e. The van der Waals surface area contributed by atoms with Crippen molar-refractivity contribution in [3.63, 3.8) is 0 Å². The lowest BCUT2D eigenvalue weighted by Crippen LogP contribution is -2.51. The fraction of sp³-hybridized carbons (Fsp3) is 0.571. The number of anilines is 1. The van der Waals surface area contributed by atoms with E-state index in [1.165, 1.54) is 0 Å². The van der Waals surface area contributed by atoms with Crippen molar-refractivity contribution in [3.8, 4) is 0 Å². The number of hydrogen-bond acceptors (Lipinski definition) is 4. The van der Waals surface area contributed by atoms with Gasteiger partial charge in [-0.3, -0.25) is 0 Å². The molecule has 2 N–H and O–H groups in total. The first-order valence-corrected chi connectivity index (χ1v) is 8.67. The highest BCUT2D eigenvalue weighted by Crippen LogP contribution is 2.32. The molecule has 0 fully saturated rings. The van der Waals surface area contributed by atoms with Crippen LogP contribution in [0, 0.1) is 0 Å². The summed E-state index contributed by atoms with van der Waals surface area (Å²) >= 11 is 0. The molecule has 0 aromatic heterocycles. The third kappa shape index (κ3) is 3.79. The summed E-state index contributed by atoms with van der Waals surface area (Å²) in [6.45, 7) is 9.66. The molecule has 0 heterocycles. The minimum absolute atomic E-state index is 0.0218. The van der Waals surface area contributed by atoms with Gasteiger partial charge in [0.25, 0.3) is 0 Å². The molecule has 0 saturated carbocycles. The molecule has 0 saturated heterocycles. The molecule has 0 radical (unpaired) electrons. The number of rotatable bonds is 8. The predicted octanol–water partition coefficient (Wildman–Crippen LogP) is 2.96. The Morgan fingerprint density at radius 2 is 1.47 bits per heavy atom. The Balaban J connectivity index is 3.11. The Hall–Kier alpha value is -0.883. The second kappa shape index (κ2) is 7.64. The molecule has 0 aliphatic carbocycles. The lowest BCUT2D eigenvalue weighted by molar-refractivity contribution is 0.0634. The van der Waals surface area contributed by atoms with E-state index in [0.717, 1.165) is 11.3 Å². The molecule has 0 bridgehead atoms. The zero-order valence-electron chi connectivity index (χ0n) is 12.3. The van der Waals surface area contributed by atoms with Gasteiger partial charge >= 0.3 is 8.80 Å². The molecule has 0 aliphatic heterocycles. The van der Waals surface area contributed by atoms with Crippen LogP contribution in [0.5, 0.6) is 0 Å². The highest BCUT2D eigenvalue weighted by molar-refractivity contribution is 6.62. The van der Waals surface area contributed by atoms with Crippen molar-refractivity contribution < 1.29 is 13.3 Å². The summed E-state index contributed by atoms with van der Waals surface area (Å²) in [5.74, 6) is 0. The van der Waals surface area contributed by atoms with E-state index in [0.29, 0.717) is 19.8 Å². The maximum Gasteiger partial charge on any atom is 0.508 e. The van der Waals surface area contributed by atoms with Gasteiger partial charge in [0.1, 0.15) is 0 Å². The van der Waals surface area contributed by atoms with Crippen LogP contribution < -0.4 is 5.73 Å². The van der Waals surface area contributed by atoms with Crippen LogP contribution in [0.2, 0.25) is 0 Å². The molecule has 1 rings (SSSR count). The van der Waals surface area contributed by atoms with Gasteiger partial charge in [0.2, 0.25) is 0 Å². The Bertz CT molecular complexity index is 370. The van der Waals surface area contributed by atoms with Gasteiger partial charge in [0, 0.05) is 25.5 Å².